The fourth-order valence-corrected chi connectivity index (χ4v) is 4.22. The first kappa shape index (κ1) is 21.0. The van der Waals surface area contributed by atoms with Crippen LogP contribution in [0.2, 0.25) is 0 Å². The number of carbonyl (C=O) groups is 2. The van der Waals surface area contributed by atoms with Crippen molar-refractivity contribution in [2.45, 2.75) is 6.04 Å². The van der Waals surface area contributed by atoms with Crippen molar-refractivity contribution in [2.24, 2.45) is 0 Å². The molecule has 1 N–H and O–H groups in total. The van der Waals surface area contributed by atoms with Gasteiger partial charge in [0.05, 0.1) is 11.6 Å². The maximum absolute atomic E-state index is 13.1. The molecule has 1 atom stereocenters. The number of amides is 1. The second-order valence-electron chi connectivity index (χ2n) is 6.70. The topological polar surface area (TPSA) is 57.6 Å². The number of rotatable bonds is 3. The van der Waals surface area contributed by atoms with Crippen molar-refractivity contribution < 1.29 is 14.7 Å². The highest BCUT2D eigenvalue weighted by atomic mass is 79.9. The molecule has 1 aliphatic heterocycles. The Balaban J connectivity index is 1.93. The number of carbonyl (C=O) groups excluding carboxylic acids is 2. The molecule has 4 nitrogen and oxygen atoms in total. The number of nitrogens with zero attached hydrogens (tertiary/aromatic N) is 1. The monoisotopic (exact) mass is 589 g/mol. The molecule has 0 radical (unpaired) electrons. The molecule has 3 aromatic carbocycles. The molecule has 150 valence electrons. The Morgan fingerprint density at radius 2 is 1.20 bits per heavy atom. The Labute approximate surface area is 198 Å². The number of ketones is 1. The summed E-state index contributed by atoms with van der Waals surface area (Å²) in [5.74, 6) is -1.59. The summed E-state index contributed by atoms with van der Waals surface area (Å²) in [6.45, 7) is 0. The van der Waals surface area contributed by atoms with Gasteiger partial charge in [0.1, 0.15) is 5.76 Å². The standard InChI is InChI=1S/C23H14Br3NO3/c24-15-5-1-13(2-6-15)20-19(21(28)14-3-7-16(25)8-4-14)22(29)23(30)27(20)18-11-9-17(26)10-12-18/h1-12,20,28H/b21-19-. The van der Waals surface area contributed by atoms with Crippen molar-refractivity contribution in [3.8, 4) is 0 Å². The second kappa shape index (κ2) is 8.49. The zero-order chi connectivity index (χ0) is 21.4. The molecule has 0 saturated carbocycles. The summed E-state index contributed by atoms with van der Waals surface area (Å²) < 4.78 is 2.58. The van der Waals surface area contributed by atoms with E-state index in [1.54, 1.807) is 36.4 Å². The van der Waals surface area contributed by atoms with Crippen LogP contribution in [-0.2, 0) is 9.59 Å². The molecule has 0 spiro atoms. The van der Waals surface area contributed by atoms with E-state index >= 15 is 0 Å². The first-order valence-corrected chi connectivity index (χ1v) is 11.3. The Hall–Kier alpha value is -2.22. The predicted molar refractivity (Wildman–Crippen MR) is 127 cm³/mol. The van der Waals surface area contributed by atoms with Gasteiger partial charge in [0.15, 0.2) is 0 Å². The summed E-state index contributed by atoms with van der Waals surface area (Å²) >= 11 is 10.2. The van der Waals surface area contributed by atoms with Gasteiger partial charge in [-0.1, -0.05) is 72.1 Å². The fraction of sp³-hybridized carbons (Fsp3) is 0.0435. The van der Waals surface area contributed by atoms with Crippen molar-refractivity contribution >= 4 is 70.9 Å². The SMILES string of the molecule is O=C1C(=O)N(c2ccc(Br)cc2)C(c2ccc(Br)cc2)/C1=C(/O)c1ccc(Br)cc1. The number of benzene rings is 3. The van der Waals surface area contributed by atoms with Gasteiger partial charge in [-0.3, -0.25) is 14.5 Å². The van der Waals surface area contributed by atoms with Crippen LogP contribution in [0.25, 0.3) is 5.76 Å². The van der Waals surface area contributed by atoms with Crippen LogP contribution in [0.5, 0.6) is 0 Å². The van der Waals surface area contributed by atoms with Gasteiger partial charge in [0.25, 0.3) is 11.7 Å². The molecule has 0 bridgehead atoms. The average molecular weight is 592 g/mol. The summed E-state index contributed by atoms with van der Waals surface area (Å²) in [4.78, 5) is 27.5. The van der Waals surface area contributed by atoms with Crippen LogP contribution >= 0.6 is 47.8 Å². The Morgan fingerprint density at radius 1 is 0.733 bits per heavy atom. The van der Waals surface area contributed by atoms with Crippen molar-refractivity contribution in [1.29, 1.82) is 0 Å². The van der Waals surface area contributed by atoms with E-state index in [1.807, 2.05) is 36.4 Å². The Bertz CT molecular complexity index is 1150. The first-order valence-electron chi connectivity index (χ1n) is 8.95. The summed E-state index contributed by atoms with van der Waals surface area (Å²) in [5.41, 5.74) is 1.82. The number of aliphatic hydroxyl groups is 1. The maximum atomic E-state index is 13.1. The Kier molecular flexibility index (Phi) is 5.95. The molecule has 1 fully saturated rings. The van der Waals surface area contributed by atoms with Crippen molar-refractivity contribution in [2.75, 3.05) is 4.90 Å². The minimum absolute atomic E-state index is 0.0626. The normalized spacial score (nSPS) is 18.1. The highest BCUT2D eigenvalue weighted by molar-refractivity contribution is 9.11. The lowest BCUT2D eigenvalue weighted by Gasteiger charge is -2.25. The molecule has 0 aliphatic carbocycles. The summed E-state index contributed by atoms with van der Waals surface area (Å²) in [6.07, 6.45) is 0. The Morgan fingerprint density at radius 3 is 1.73 bits per heavy atom. The molecule has 1 unspecified atom stereocenters. The number of hydrogen-bond acceptors (Lipinski definition) is 3. The van der Waals surface area contributed by atoms with E-state index in [9.17, 15) is 14.7 Å². The predicted octanol–water partition coefficient (Wildman–Crippen LogP) is 6.60. The molecule has 1 saturated heterocycles. The second-order valence-corrected chi connectivity index (χ2v) is 9.45. The number of anilines is 1. The van der Waals surface area contributed by atoms with E-state index in [0.717, 1.165) is 19.0 Å². The van der Waals surface area contributed by atoms with Crippen molar-refractivity contribution in [3.05, 3.63) is 103 Å². The summed E-state index contributed by atoms with van der Waals surface area (Å²) in [6, 6.07) is 20.7. The molecular formula is C23H14Br3NO3. The van der Waals surface area contributed by atoms with E-state index in [2.05, 4.69) is 47.8 Å². The minimum Gasteiger partial charge on any atom is -0.507 e. The van der Waals surface area contributed by atoms with Crippen LogP contribution in [0.4, 0.5) is 5.69 Å². The van der Waals surface area contributed by atoms with Gasteiger partial charge in [0.2, 0.25) is 0 Å². The van der Waals surface area contributed by atoms with Gasteiger partial charge >= 0.3 is 0 Å². The van der Waals surface area contributed by atoms with Crippen LogP contribution in [0, 0.1) is 0 Å². The van der Waals surface area contributed by atoms with E-state index in [-0.39, 0.29) is 11.3 Å². The largest absolute Gasteiger partial charge is 0.507 e. The average Bonchev–Trinajstić information content (AvgIpc) is 3.00. The third kappa shape index (κ3) is 3.89. The summed E-state index contributed by atoms with van der Waals surface area (Å²) in [5, 5.41) is 11.0. The smallest absolute Gasteiger partial charge is 0.300 e. The molecule has 3 aromatic rings. The van der Waals surface area contributed by atoms with E-state index in [0.29, 0.717) is 11.3 Å². The molecule has 4 rings (SSSR count). The molecule has 0 aromatic heterocycles. The van der Waals surface area contributed by atoms with Gasteiger partial charge < -0.3 is 5.11 Å². The van der Waals surface area contributed by atoms with Gasteiger partial charge in [-0.2, -0.15) is 0 Å². The molecule has 7 heteroatoms. The van der Waals surface area contributed by atoms with Gasteiger partial charge in [-0.15, -0.1) is 0 Å². The minimum atomic E-state index is -0.747. The van der Waals surface area contributed by atoms with Gasteiger partial charge in [-0.05, 0) is 54.1 Å². The third-order valence-corrected chi connectivity index (χ3v) is 6.44. The van der Waals surface area contributed by atoms with Crippen LogP contribution in [0.1, 0.15) is 17.2 Å². The highest BCUT2D eigenvalue weighted by Crippen LogP contribution is 2.42. The van der Waals surface area contributed by atoms with Crippen molar-refractivity contribution in [3.63, 3.8) is 0 Å². The van der Waals surface area contributed by atoms with Crippen LogP contribution in [0.3, 0.4) is 0 Å². The lowest BCUT2D eigenvalue weighted by atomic mass is 9.95. The van der Waals surface area contributed by atoms with Crippen LogP contribution < -0.4 is 4.90 Å². The zero-order valence-corrected chi connectivity index (χ0v) is 20.1. The van der Waals surface area contributed by atoms with Crippen LogP contribution in [-0.4, -0.2) is 16.8 Å². The number of Topliss-reactive ketones (excluding diaryl/α,β-unsaturated/α-hetero) is 1. The van der Waals surface area contributed by atoms with E-state index in [1.165, 1.54) is 4.90 Å². The van der Waals surface area contributed by atoms with Gasteiger partial charge in [0, 0.05) is 24.7 Å². The fourth-order valence-electron chi connectivity index (χ4n) is 3.42. The lowest BCUT2D eigenvalue weighted by molar-refractivity contribution is -0.132. The van der Waals surface area contributed by atoms with Gasteiger partial charge in [-0.25, -0.2) is 0 Å². The molecule has 1 aliphatic rings. The number of aliphatic hydroxyl groups excluding tert-OH is 1. The van der Waals surface area contributed by atoms with Crippen molar-refractivity contribution in [1.82, 2.24) is 0 Å². The first-order chi connectivity index (χ1) is 14.4. The summed E-state index contributed by atoms with van der Waals surface area (Å²) in [7, 11) is 0. The maximum Gasteiger partial charge on any atom is 0.300 e. The number of hydrogen-bond donors (Lipinski definition) is 1. The van der Waals surface area contributed by atoms with Crippen LogP contribution in [0.15, 0.2) is 91.8 Å². The molecule has 1 amide bonds. The van der Waals surface area contributed by atoms with E-state index in [4.69, 9.17) is 0 Å². The highest BCUT2D eigenvalue weighted by Gasteiger charge is 2.46. The lowest BCUT2D eigenvalue weighted by Crippen LogP contribution is -2.29. The van der Waals surface area contributed by atoms with E-state index < -0.39 is 17.7 Å². The molecule has 30 heavy (non-hydrogen) atoms. The quantitative estimate of drug-likeness (QED) is 0.212. The molecule has 1 heterocycles. The molecular weight excluding hydrogens is 578 g/mol. The third-order valence-electron chi connectivity index (χ3n) is 4.85. The zero-order valence-electron chi connectivity index (χ0n) is 15.4. The number of halogens is 3.